The Kier molecular flexibility index (Phi) is 4.03. The number of aromatic nitrogens is 2. The van der Waals surface area contributed by atoms with Crippen molar-refractivity contribution >= 4 is 5.97 Å². The molecule has 0 aliphatic heterocycles. The highest BCUT2D eigenvalue weighted by Gasteiger charge is 2.05. The molecule has 0 spiro atoms. The van der Waals surface area contributed by atoms with Crippen molar-refractivity contribution in [3.8, 4) is 6.01 Å². The Hall–Kier alpha value is -1.65. The molecule has 15 heavy (non-hydrogen) atoms. The van der Waals surface area contributed by atoms with E-state index in [0.717, 1.165) is 11.4 Å². The first-order valence-electron chi connectivity index (χ1n) is 4.72. The maximum atomic E-state index is 11.0. The van der Waals surface area contributed by atoms with Crippen LogP contribution in [0.1, 0.15) is 18.3 Å². The maximum Gasteiger partial charge on any atom is 0.344 e. The first-order valence-corrected chi connectivity index (χ1v) is 4.72. The summed E-state index contributed by atoms with van der Waals surface area (Å²) >= 11 is 0. The SMILES string of the molecule is CCOC(=O)COc1nc(C)cc(C)n1. The third kappa shape index (κ3) is 3.93. The summed E-state index contributed by atoms with van der Waals surface area (Å²) in [7, 11) is 0. The molecule has 5 nitrogen and oxygen atoms in total. The first kappa shape index (κ1) is 11.4. The smallest absolute Gasteiger partial charge is 0.344 e. The molecule has 1 heterocycles. The van der Waals surface area contributed by atoms with Crippen LogP contribution in [0.15, 0.2) is 6.07 Å². The highest BCUT2D eigenvalue weighted by atomic mass is 16.6. The van der Waals surface area contributed by atoms with Crippen molar-refractivity contribution in [2.75, 3.05) is 13.2 Å². The van der Waals surface area contributed by atoms with Crippen molar-refractivity contribution in [2.45, 2.75) is 20.8 Å². The van der Waals surface area contributed by atoms with Gasteiger partial charge in [0.05, 0.1) is 6.61 Å². The van der Waals surface area contributed by atoms with E-state index in [9.17, 15) is 4.79 Å². The van der Waals surface area contributed by atoms with E-state index >= 15 is 0 Å². The Morgan fingerprint density at radius 2 is 1.93 bits per heavy atom. The lowest BCUT2D eigenvalue weighted by Crippen LogP contribution is -2.16. The van der Waals surface area contributed by atoms with E-state index in [1.165, 1.54) is 0 Å². The van der Waals surface area contributed by atoms with Crippen LogP contribution >= 0.6 is 0 Å². The summed E-state index contributed by atoms with van der Waals surface area (Å²) in [6.45, 7) is 5.61. The van der Waals surface area contributed by atoms with Crippen LogP contribution in [0.4, 0.5) is 0 Å². The summed E-state index contributed by atoms with van der Waals surface area (Å²) in [5.41, 5.74) is 1.61. The minimum Gasteiger partial charge on any atom is -0.463 e. The molecule has 1 aromatic rings. The van der Waals surface area contributed by atoms with Crippen LogP contribution in [-0.4, -0.2) is 29.2 Å². The molecule has 0 amide bonds. The molecule has 0 bridgehead atoms. The van der Waals surface area contributed by atoms with Gasteiger partial charge in [0.1, 0.15) is 0 Å². The number of nitrogens with zero attached hydrogens (tertiary/aromatic N) is 2. The van der Waals surface area contributed by atoms with Crippen LogP contribution in [0.25, 0.3) is 0 Å². The lowest BCUT2D eigenvalue weighted by molar-refractivity contribution is -0.145. The zero-order valence-corrected chi connectivity index (χ0v) is 9.11. The van der Waals surface area contributed by atoms with Crippen molar-refractivity contribution in [3.63, 3.8) is 0 Å². The molecular weight excluding hydrogens is 196 g/mol. The molecule has 0 unspecified atom stereocenters. The largest absolute Gasteiger partial charge is 0.463 e. The third-order valence-corrected chi connectivity index (χ3v) is 1.59. The Balaban J connectivity index is 2.54. The Morgan fingerprint density at radius 3 is 2.47 bits per heavy atom. The normalized spacial score (nSPS) is 9.80. The van der Waals surface area contributed by atoms with E-state index in [1.807, 2.05) is 19.9 Å². The van der Waals surface area contributed by atoms with Crippen LogP contribution < -0.4 is 4.74 Å². The highest BCUT2D eigenvalue weighted by molar-refractivity contribution is 5.70. The van der Waals surface area contributed by atoms with E-state index in [0.29, 0.717) is 6.61 Å². The van der Waals surface area contributed by atoms with Gasteiger partial charge in [-0.15, -0.1) is 0 Å². The van der Waals surface area contributed by atoms with Gasteiger partial charge >= 0.3 is 12.0 Å². The Morgan fingerprint density at radius 1 is 1.33 bits per heavy atom. The standard InChI is InChI=1S/C10H14N2O3/c1-4-14-9(13)6-15-10-11-7(2)5-8(3)12-10/h5H,4,6H2,1-3H3. The fourth-order valence-electron chi connectivity index (χ4n) is 1.08. The Bertz CT molecular complexity index is 332. The summed E-state index contributed by atoms with van der Waals surface area (Å²) in [5, 5.41) is 0. The number of rotatable bonds is 4. The first-order chi connectivity index (χ1) is 7.11. The van der Waals surface area contributed by atoms with Crippen LogP contribution in [0.3, 0.4) is 0 Å². The average molecular weight is 210 g/mol. The lowest BCUT2D eigenvalue weighted by atomic mass is 10.4. The number of carbonyl (C=O) groups excluding carboxylic acids is 1. The second kappa shape index (κ2) is 5.29. The molecule has 0 atom stereocenters. The van der Waals surface area contributed by atoms with Gasteiger partial charge in [0.2, 0.25) is 0 Å². The number of hydrogen-bond donors (Lipinski definition) is 0. The van der Waals surface area contributed by atoms with Gasteiger partial charge in [-0.2, -0.15) is 0 Å². The topological polar surface area (TPSA) is 61.3 Å². The van der Waals surface area contributed by atoms with Crippen LogP contribution in [0, 0.1) is 13.8 Å². The van der Waals surface area contributed by atoms with Gasteiger partial charge in [0.25, 0.3) is 0 Å². The highest BCUT2D eigenvalue weighted by Crippen LogP contribution is 2.05. The van der Waals surface area contributed by atoms with E-state index in [1.54, 1.807) is 6.92 Å². The van der Waals surface area contributed by atoms with Gasteiger partial charge in [-0.1, -0.05) is 0 Å². The monoisotopic (exact) mass is 210 g/mol. The fourth-order valence-corrected chi connectivity index (χ4v) is 1.08. The molecule has 1 rings (SSSR count). The molecule has 0 saturated carbocycles. The van der Waals surface area contributed by atoms with Crippen LogP contribution in [0.5, 0.6) is 6.01 Å². The molecule has 5 heteroatoms. The Labute approximate surface area is 88.4 Å². The van der Waals surface area contributed by atoms with Crippen molar-refractivity contribution in [1.29, 1.82) is 0 Å². The van der Waals surface area contributed by atoms with Gasteiger partial charge in [-0.05, 0) is 26.8 Å². The van der Waals surface area contributed by atoms with E-state index in [4.69, 9.17) is 9.47 Å². The van der Waals surface area contributed by atoms with Gasteiger partial charge in [0, 0.05) is 11.4 Å². The van der Waals surface area contributed by atoms with Gasteiger partial charge in [0.15, 0.2) is 6.61 Å². The molecule has 0 fully saturated rings. The van der Waals surface area contributed by atoms with E-state index in [2.05, 4.69) is 9.97 Å². The van der Waals surface area contributed by atoms with Gasteiger partial charge < -0.3 is 9.47 Å². The average Bonchev–Trinajstić information content (AvgIpc) is 2.14. The molecular formula is C10H14N2O3. The predicted molar refractivity (Wildman–Crippen MR) is 53.6 cm³/mol. The molecule has 82 valence electrons. The molecule has 0 aliphatic rings. The summed E-state index contributed by atoms with van der Waals surface area (Å²) < 4.78 is 9.79. The number of hydrogen-bond acceptors (Lipinski definition) is 5. The molecule has 1 aromatic heterocycles. The van der Waals surface area contributed by atoms with Crippen molar-refractivity contribution < 1.29 is 14.3 Å². The minimum absolute atomic E-state index is 0.156. The number of ether oxygens (including phenoxy) is 2. The van der Waals surface area contributed by atoms with Crippen molar-refractivity contribution in [2.24, 2.45) is 0 Å². The summed E-state index contributed by atoms with van der Waals surface area (Å²) in [6, 6.07) is 2.04. The van der Waals surface area contributed by atoms with Crippen LogP contribution in [0.2, 0.25) is 0 Å². The second-order valence-corrected chi connectivity index (χ2v) is 3.03. The maximum absolute atomic E-state index is 11.0. The van der Waals surface area contributed by atoms with Gasteiger partial charge in [-0.25, -0.2) is 14.8 Å². The molecule has 0 saturated heterocycles. The summed E-state index contributed by atoms with van der Waals surface area (Å²) in [4.78, 5) is 19.0. The quantitative estimate of drug-likeness (QED) is 0.695. The number of esters is 1. The fraction of sp³-hybridized carbons (Fsp3) is 0.500. The zero-order valence-electron chi connectivity index (χ0n) is 9.11. The molecule has 0 N–H and O–H groups in total. The third-order valence-electron chi connectivity index (χ3n) is 1.59. The van der Waals surface area contributed by atoms with Gasteiger partial charge in [-0.3, -0.25) is 0 Å². The van der Waals surface area contributed by atoms with Crippen molar-refractivity contribution in [3.05, 3.63) is 17.5 Å². The molecule has 0 radical (unpaired) electrons. The summed E-state index contributed by atoms with van der Waals surface area (Å²) in [5.74, 6) is -0.416. The second-order valence-electron chi connectivity index (χ2n) is 3.03. The van der Waals surface area contributed by atoms with E-state index in [-0.39, 0.29) is 12.6 Å². The zero-order chi connectivity index (χ0) is 11.3. The number of carbonyl (C=O) groups is 1. The van der Waals surface area contributed by atoms with Crippen molar-refractivity contribution in [1.82, 2.24) is 9.97 Å². The van der Waals surface area contributed by atoms with E-state index < -0.39 is 5.97 Å². The van der Waals surface area contributed by atoms with Crippen LogP contribution in [-0.2, 0) is 9.53 Å². The lowest BCUT2D eigenvalue weighted by Gasteiger charge is -2.05. The summed E-state index contributed by atoms with van der Waals surface area (Å²) in [6.07, 6.45) is 0. The minimum atomic E-state index is -0.416. The predicted octanol–water partition coefficient (Wildman–Crippen LogP) is 1.04. The number of aryl methyl sites for hydroxylation is 2. The molecule has 0 aliphatic carbocycles. The molecule has 0 aromatic carbocycles.